The Morgan fingerprint density at radius 1 is 1.39 bits per heavy atom. The van der Waals surface area contributed by atoms with E-state index in [1.165, 1.54) is 0 Å². The predicted molar refractivity (Wildman–Crippen MR) is 73.8 cm³/mol. The molecule has 0 bridgehead atoms. The van der Waals surface area contributed by atoms with Crippen molar-refractivity contribution in [2.45, 2.75) is 40.0 Å². The molecule has 0 fully saturated rings. The number of rotatable bonds is 9. The molecule has 0 aromatic carbocycles. The molecule has 0 saturated carbocycles. The van der Waals surface area contributed by atoms with E-state index in [4.69, 9.17) is 4.74 Å². The third-order valence-electron chi connectivity index (χ3n) is 2.78. The van der Waals surface area contributed by atoms with Crippen LogP contribution in [0.1, 0.15) is 40.0 Å². The molecule has 0 radical (unpaired) electrons. The summed E-state index contributed by atoms with van der Waals surface area (Å²) in [7, 11) is 0. The van der Waals surface area contributed by atoms with Crippen LogP contribution in [0.25, 0.3) is 0 Å². The molecule has 4 nitrogen and oxygen atoms in total. The van der Waals surface area contributed by atoms with E-state index in [1.807, 2.05) is 20.1 Å². The summed E-state index contributed by atoms with van der Waals surface area (Å²) in [4.78, 5) is 23.6. The van der Waals surface area contributed by atoms with Crippen LogP contribution >= 0.6 is 11.8 Å². The molecule has 0 aliphatic carbocycles. The highest BCUT2D eigenvalue weighted by Gasteiger charge is 2.47. The second kappa shape index (κ2) is 8.40. The Bertz CT molecular complexity index is 278. The van der Waals surface area contributed by atoms with Gasteiger partial charge in [-0.3, -0.25) is 9.59 Å². The standard InChI is InChI=1S/C13H24O4S/c1-5-17-12(16)13(11(14)15,9-10(2)3)7-6-8-18-4/h10H,5-9H2,1-4H3,(H,14,15). The van der Waals surface area contributed by atoms with Crippen molar-refractivity contribution in [3.63, 3.8) is 0 Å². The Labute approximate surface area is 113 Å². The van der Waals surface area contributed by atoms with Crippen molar-refractivity contribution in [1.82, 2.24) is 0 Å². The lowest BCUT2D eigenvalue weighted by molar-refractivity contribution is -0.170. The molecular weight excluding hydrogens is 252 g/mol. The molecule has 0 saturated heterocycles. The fourth-order valence-corrected chi connectivity index (χ4v) is 2.49. The Morgan fingerprint density at radius 3 is 2.39 bits per heavy atom. The van der Waals surface area contributed by atoms with E-state index in [0.29, 0.717) is 19.3 Å². The molecular formula is C13H24O4S. The number of esters is 1. The number of thioether (sulfide) groups is 1. The van der Waals surface area contributed by atoms with Crippen molar-refractivity contribution in [1.29, 1.82) is 0 Å². The van der Waals surface area contributed by atoms with E-state index in [1.54, 1.807) is 18.7 Å². The fraction of sp³-hybridized carbons (Fsp3) is 0.846. The van der Waals surface area contributed by atoms with Gasteiger partial charge in [-0.25, -0.2) is 0 Å². The maximum atomic E-state index is 12.0. The Hall–Kier alpha value is -0.710. The summed E-state index contributed by atoms with van der Waals surface area (Å²) in [5.41, 5.74) is -1.38. The molecule has 18 heavy (non-hydrogen) atoms. The molecule has 0 aliphatic rings. The average Bonchev–Trinajstić information content (AvgIpc) is 2.27. The number of carbonyl (C=O) groups is 2. The van der Waals surface area contributed by atoms with Crippen molar-refractivity contribution >= 4 is 23.7 Å². The largest absolute Gasteiger partial charge is 0.480 e. The van der Waals surface area contributed by atoms with Crippen LogP contribution in [0.15, 0.2) is 0 Å². The van der Waals surface area contributed by atoms with Gasteiger partial charge in [-0.1, -0.05) is 13.8 Å². The number of carboxylic acid groups (broad SMARTS) is 1. The molecule has 0 spiro atoms. The quantitative estimate of drug-likeness (QED) is 0.398. The van der Waals surface area contributed by atoms with Crippen LogP contribution in [0.3, 0.4) is 0 Å². The van der Waals surface area contributed by atoms with E-state index < -0.39 is 17.4 Å². The molecule has 1 atom stereocenters. The number of aliphatic carboxylic acids is 1. The van der Waals surface area contributed by atoms with Crippen LogP contribution in [0.4, 0.5) is 0 Å². The SMILES string of the molecule is CCOC(=O)C(CCCSC)(CC(C)C)C(=O)O. The summed E-state index contributed by atoms with van der Waals surface area (Å²) in [6, 6.07) is 0. The molecule has 5 heteroatoms. The predicted octanol–water partition coefficient (Wildman–Crippen LogP) is 2.81. The number of carboxylic acids is 1. The average molecular weight is 276 g/mol. The lowest BCUT2D eigenvalue weighted by Gasteiger charge is -2.28. The third kappa shape index (κ3) is 4.88. The van der Waals surface area contributed by atoms with Crippen LogP contribution in [0, 0.1) is 11.3 Å². The zero-order valence-corrected chi connectivity index (χ0v) is 12.5. The van der Waals surface area contributed by atoms with Crippen LogP contribution in [0.5, 0.6) is 0 Å². The topological polar surface area (TPSA) is 63.6 Å². The number of hydrogen-bond donors (Lipinski definition) is 1. The van der Waals surface area contributed by atoms with Gasteiger partial charge in [-0.05, 0) is 44.1 Å². The second-order valence-electron chi connectivity index (χ2n) is 4.80. The maximum Gasteiger partial charge on any atom is 0.323 e. The molecule has 1 unspecified atom stereocenters. The highest BCUT2D eigenvalue weighted by atomic mass is 32.2. The number of ether oxygens (including phenoxy) is 1. The van der Waals surface area contributed by atoms with E-state index in [0.717, 1.165) is 5.75 Å². The minimum absolute atomic E-state index is 0.139. The molecule has 0 aromatic rings. The summed E-state index contributed by atoms with van der Waals surface area (Å²) in [6.45, 7) is 5.76. The number of hydrogen-bond acceptors (Lipinski definition) is 4. The molecule has 0 amide bonds. The van der Waals surface area contributed by atoms with Gasteiger partial charge >= 0.3 is 11.9 Å². The Morgan fingerprint density at radius 2 is 2.00 bits per heavy atom. The summed E-state index contributed by atoms with van der Waals surface area (Å²) in [6.07, 6.45) is 3.35. The molecule has 0 aliphatic heterocycles. The normalized spacial score (nSPS) is 14.3. The first-order chi connectivity index (χ1) is 8.40. The first-order valence-electron chi connectivity index (χ1n) is 6.30. The van der Waals surface area contributed by atoms with Gasteiger partial charge in [-0.2, -0.15) is 11.8 Å². The molecule has 0 aromatic heterocycles. The van der Waals surface area contributed by atoms with Gasteiger partial charge in [0.15, 0.2) is 5.41 Å². The monoisotopic (exact) mass is 276 g/mol. The van der Waals surface area contributed by atoms with E-state index in [9.17, 15) is 14.7 Å². The van der Waals surface area contributed by atoms with Crippen molar-refractivity contribution in [3.8, 4) is 0 Å². The Balaban J connectivity index is 5.02. The third-order valence-corrected chi connectivity index (χ3v) is 3.48. The Kier molecular flexibility index (Phi) is 8.07. The van der Waals surface area contributed by atoms with E-state index >= 15 is 0 Å². The minimum Gasteiger partial charge on any atom is -0.480 e. The van der Waals surface area contributed by atoms with Crippen LogP contribution < -0.4 is 0 Å². The summed E-state index contributed by atoms with van der Waals surface area (Å²) >= 11 is 1.65. The van der Waals surface area contributed by atoms with Gasteiger partial charge < -0.3 is 9.84 Å². The van der Waals surface area contributed by atoms with Crippen molar-refractivity contribution < 1.29 is 19.4 Å². The van der Waals surface area contributed by atoms with Gasteiger partial charge in [0.25, 0.3) is 0 Å². The van der Waals surface area contributed by atoms with Crippen LogP contribution in [-0.2, 0) is 14.3 Å². The van der Waals surface area contributed by atoms with Crippen LogP contribution in [-0.4, -0.2) is 35.7 Å². The molecule has 0 rings (SSSR count). The van der Waals surface area contributed by atoms with Crippen molar-refractivity contribution in [2.24, 2.45) is 11.3 Å². The minimum atomic E-state index is -1.38. The van der Waals surface area contributed by atoms with Gasteiger partial charge in [0.05, 0.1) is 6.61 Å². The summed E-state index contributed by atoms with van der Waals surface area (Å²) in [5, 5.41) is 9.46. The highest BCUT2D eigenvalue weighted by molar-refractivity contribution is 7.98. The summed E-state index contributed by atoms with van der Waals surface area (Å²) in [5.74, 6) is -0.658. The van der Waals surface area contributed by atoms with Gasteiger partial charge in [0, 0.05) is 0 Å². The molecule has 1 N–H and O–H groups in total. The van der Waals surface area contributed by atoms with Gasteiger partial charge in [-0.15, -0.1) is 0 Å². The first kappa shape index (κ1) is 17.3. The maximum absolute atomic E-state index is 12.0. The fourth-order valence-electron chi connectivity index (χ4n) is 2.05. The first-order valence-corrected chi connectivity index (χ1v) is 7.69. The van der Waals surface area contributed by atoms with Crippen LogP contribution in [0.2, 0.25) is 0 Å². The smallest absolute Gasteiger partial charge is 0.323 e. The van der Waals surface area contributed by atoms with Crippen molar-refractivity contribution in [3.05, 3.63) is 0 Å². The lowest BCUT2D eigenvalue weighted by atomic mass is 9.76. The second-order valence-corrected chi connectivity index (χ2v) is 5.79. The summed E-state index contributed by atoms with van der Waals surface area (Å²) < 4.78 is 4.97. The highest BCUT2D eigenvalue weighted by Crippen LogP contribution is 2.34. The van der Waals surface area contributed by atoms with E-state index in [-0.39, 0.29) is 12.5 Å². The lowest BCUT2D eigenvalue weighted by Crippen LogP contribution is -2.42. The molecule has 106 valence electrons. The van der Waals surface area contributed by atoms with Gasteiger partial charge in [0.1, 0.15) is 0 Å². The van der Waals surface area contributed by atoms with Gasteiger partial charge in [0.2, 0.25) is 0 Å². The zero-order chi connectivity index (χ0) is 14.2. The number of carbonyl (C=O) groups excluding carboxylic acids is 1. The van der Waals surface area contributed by atoms with Crippen molar-refractivity contribution in [2.75, 3.05) is 18.6 Å². The zero-order valence-electron chi connectivity index (χ0n) is 11.7. The van der Waals surface area contributed by atoms with E-state index in [2.05, 4.69) is 0 Å². The molecule has 0 heterocycles.